The van der Waals surface area contributed by atoms with E-state index in [1.165, 1.54) is 12.1 Å². The number of nitrogens with zero attached hydrogens (tertiary/aromatic N) is 2. The summed E-state index contributed by atoms with van der Waals surface area (Å²) in [7, 11) is -3.56. The molecule has 0 saturated heterocycles. The summed E-state index contributed by atoms with van der Waals surface area (Å²) in [5.41, 5.74) is -0.843. The van der Waals surface area contributed by atoms with Gasteiger partial charge in [-0.1, -0.05) is 12.8 Å². The molecule has 9 heteroatoms. The van der Waals surface area contributed by atoms with Gasteiger partial charge >= 0.3 is 6.18 Å². The van der Waals surface area contributed by atoms with Gasteiger partial charge in [-0.25, -0.2) is 8.42 Å². The zero-order valence-corrected chi connectivity index (χ0v) is 13.8. The summed E-state index contributed by atoms with van der Waals surface area (Å²) >= 11 is 0. The van der Waals surface area contributed by atoms with Crippen LogP contribution in [0.5, 0.6) is 5.75 Å². The maximum absolute atomic E-state index is 12.6. The van der Waals surface area contributed by atoms with Crippen molar-refractivity contribution in [3.8, 4) is 17.0 Å². The predicted octanol–water partition coefficient (Wildman–Crippen LogP) is 3.58. The molecule has 3 rings (SSSR count). The molecule has 1 fully saturated rings. The van der Waals surface area contributed by atoms with Crippen molar-refractivity contribution in [1.82, 2.24) is 10.2 Å². The quantitative estimate of drug-likeness (QED) is 0.891. The molecular weight excluding hydrogens is 357 g/mol. The van der Waals surface area contributed by atoms with Gasteiger partial charge < -0.3 is 5.11 Å². The third-order valence-corrected chi connectivity index (χ3v) is 6.42. The van der Waals surface area contributed by atoms with E-state index in [1.807, 2.05) is 0 Å². The Morgan fingerprint density at radius 2 is 1.72 bits per heavy atom. The standard InChI is InChI=1S/C16H15F3N2O3S/c17-16(18,19)10-5-6-12(14(22)9-10)13-7-8-15(21-20-13)25(23,24)11-3-1-2-4-11/h5-9,11,22H,1-4H2. The molecule has 0 aliphatic heterocycles. The minimum atomic E-state index is -4.57. The van der Waals surface area contributed by atoms with Crippen molar-refractivity contribution in [2.75, 3.05) is 0 Å². The SMILES string of the molecule is O=S(=O)(c1ccc(-c2ccc(C(F)(F)F)cc2O)nn1)C1CCCC1. The number of rotatable bonds is 3. The average Bonchev–Trinajstić information content (AvgIpc) is 3.09. The highest BCUT2D eigenvalue weighted by molar-refractivity contribution is 7.92. The van der Waals surface area contributed by atoms with Gasteiger partial charge in [0.25, 0.3) is 0 Å². The van der Waals surface area contributed by atoms with Crippen LogP contribution in [0, 0.1) is 0 Å². The highest BCUT2D eigenvalue weighted by atomic mass is 32.2. The molecule has 0 unspecified atom stereocenters. The van der Waals surface area contributed by atoms with E-state index in [9.17, 15) is 26.7 Å². The van der Waals surface area contributed by atoms with Gasteiger partial charge in [0.05, 0.1) is 16.5 Å². The van der Waals surface area contributed by atoms with Gasteiger partial charge in [-0.05, 0) is 43.2 Å². The Hall–Kier alpha value is -2.16. The Labute approximate surface area is 142 Å². The van der Waals surface area contributed by atoms with Gasteiger partial charge in [0.15, 0.2) is 14.9 Å². The molecule has 134 valence electrons. The summed E-state index contributed by atoms with van der Waals surface area (Å²) in [4.78, 5) is 0. The van der Waals surface area contributed by atoms with Gasteiger partial charge in [-0.2, -0.15) is 13.2 Å². The first-order chi connectivity index (χ1) is 11.7. The number of halogens is 3. The van der Waals surface area contributed by atoms with E-state index in [1.54, 1.807) is 0 Å². The number of phenolic OH excluding ortho intramolecular Hbond substituents is 1. The highest BCUT2D eigenvalue weighted by Crippen LogP contribution is 2.36. The van der Waals surface area contributed by atoms with Gasteiger partial charge in [-0.3, -0.25) is 0 Å². The first-order valence-electron chi connectivity index (χ1n) is 7.68. The summed E-state index contributed by atoms with van der Waals surface area (Å²) in [6.45, 7) is 0. The highest BCUT2D eigenvalue weighted by Gasteiger charge is 2.32. The van der Waals surface area contributed by atoms with Crippen molar-refractivity contribution >= 4 is 9.84 Å². The van der Waals surface area contributed by atoms with Crippen molar-refractivity contribution in [3.05, 3.63) is 35.9 Å². The van der Waals surface area contributed by atoms with Gasteiger partial charge in [0, 0.05) is 5.56 Å². The summed E-state index contributed by atoms with van der Waals surface area (Å²) in [5.74, 6) is -0.601. The predicted molar refractivity (Wildman–Crippen MR) is 83.6 cm³/mol. The number of alkyl halides is 3. The number of hydrogen-bond donors (Lipinski definition) is 1. The van der Waals surface area contributed by atoms with Crippen molar-refractivity contribution < 1.29 is 26.7 Å². The van der Waals surface area contributed by atoms with Crippen LogP contribution in [0.2, 0.25) is 0 Å². The van der Waals surface area contributed by atoms with E-state index in [0.717, 1.165) is 25.0 Å². The minimum absolute atomic E-state index is 0.0466. The zero-order valence-electron chi connectivity index (χ0n) is 13.0. The topological polar surface area (TPSA) is 80.2 Å². The lowest BCUT2D eigenvalue weighted by atomic mass is 10.1. The van der Waals surface area contributed by atoms with Crippen LogP contribution in [-0.4, -0.2) is 29.0 Å². The van der Waals surface area contributed by atoms with E-state index in [4.69, 9.17) is 0 Å². The molecule has 1 aliphatic rings. The molecule has 1 saturated carbocycles. The van der Waals surface area contributed by atoms with Crippen LogP contribution < -0.4 is 0 Å². The maximum Gasteiger partial charge on any atom is 0.416 e. The summed E-state index contributed by atoms with van der Waals surface area (Å²) in [6, 6.07) is 5.09. The lowest BCUT2D eigenvalue weighted by molar-refractivity contribution is -0.137. The number of sulfone groups is 1. The molecule has 0 radical (unpaired) electrons. The number of phenols is 1. The van der Waals surface area contributed by atoms with Crippen LogP contribution in [0.3, 0.4) is 0 Å². The van der Waals surface area contributed by atoms with Crippen molar-refractivity contribution in [1.29, 1.82) is 0 Å². The summed E-state index contributed by atoms with van der Waals surface area (Å²) in [5, 5.41) is 16.7. The second-order valence-electron chi connectivity index (χ2n) is 5.94. The third-order valence-electron chi connectivity index (χ3n) is 4.27. The van der Waals surface area contributed by atoms with Gasteiger partial charge in [-0.15, -0.1) is 10.2 Å². The van der Waals surface area contributed by atoms with Crippen molar-refractivity contribution in [3.63, 3.8) is 0 Å². The second-order valence-corrected chi connectivity index (χ2v) is 8.11. The normalized spacial score (nSPS) is 16.3. The van der Waals surface area contributed by atoms with Crippen LogP contribution in [0.1, 0.15) is 31.2 Å². The Morgan fingerprint density at radius 1 is 1.04 bits per heavy atom. The average molecular weight is 372 g/mol. The molecule has 1 aliphatic carbocycles. The molecule has 1 N–H and O–H groups in total. The molecule has 25 heavy (non-hydrogen) atoms. The fraction of sp³-hybridized carbons (Fsp3) is 0.375. The fourth-order valence-electron chi connectivity index (χ4n) is 2.91. The molecular formula is C16H15F3N2O3S. The smallest absolute Gasteiger partial charge is 0.416 e. The van der Waals surface area contributed by atoms with Crippen LogP contribution >= 0.6 is 0 Å². The van der Waals surface area contributed by atoms with Crippen molar-refractivity contribution in [2.24, 2.45) is 0 Å². The molecule has 2 aromatic rings. The first kappa shape index (κ1) is 17.7. The monoisotopic (exact) mass is 372 g/mol. The summed E-state index contributed by atoms with van der Waals surface area (Å²) < 4.78 is 62.7. The maximum atomic E-state index is 12.6. The van der Waals surface area contributed by atoms with E-state index in [0.29, 0.717) is 18.9 Å². The van der Waals surface area contributed by atoms with Crippen molar-refractivity contribution in [2.45, 2.75) is 42.1 Å². The van der Waals surface area contributed by atoms with Crippen LogP contribution in [0.15, 0.2) is 35.4 Å². The number of aromatic hydroxyl groups is 1. The molecule has 1 aromatic carbocycles. The lowest BCUT2D eigenvalue weighted by Gasteiger charge is -2.11. The number of aromatic nitrogens is 2. The molecule has 0 bridgehead atoms. The second kappa shape index (κ2) is 6.29. The Morgan fingerprint density at radius 3 is 2.24 bits per heavy atom. The minimum Gasteiger partial charge on any atom is -0.507 e. The molecule has 0 amide bonds. The van der Waals surface area contributed by atoms with Gasteiger partial charge in [0.2, 0.25) is 0 Å². The van der Waals surface area contributed by atoms with Gasteiger partial charge in [0.1, 0.15) is 5.75 Å². The van der Waals surface area contributed by atoms with E-state index < -0.39 is 32.6 Å². The first-order valence-corrected chi connectivity index (χ1v) is 9.22. The molecule has 0 spiro atoms. The van der Waals surface area contributed by atoms with Crippen LogP contribution in [0.4, 0.5) is 13.2 Å². The van der Waals surface area contributed by atoms with E-state index >= 15 is 0 Å². The molecule has 1 aromatic heterocycles. The zero-order chi connectivity index (χ0) is 18.2. The van der Waals surface area contributed by atoms with Crippen LogP contribution in [-0.2, 0) is 16.0 Å². The van der Waals surface area contributed by atoms with E-state index in [2.05, 4.69) is 10.2 Å². The third kappa shape index (κ3) is 3.46. The Balaban J connectivity index is 1.90. The lowest BCUT2D eigenvalue weighted by Crippen LogP contribution is -2.19. The largest absolute Gasteiger partial charge is 0.507 e. The summed E-state index contributed by atoms with van der Waals surface area (Å²) in [6.07, 6.45) is -1.68. The number of benzene rings is 1. The van der Waals surface area contributed by atoms with Crippen LogP contribution in [0.25, 0.3) is 11.3 Å². The number of hydrogen-bond acceptors (Lipinski definition) is 5. The molecule has 5 nitrogen and oxygen atoms in total. The molecule has 1 heterocycles. The van der Waals surface area contributed by atoms with E-state index in [-0.39, 0.29) is 16.3 Å². The molecule has 0 atom stereocenters. The fourth-order valence-corrected chi connectivity index (χ4v) is 4.62. The Bertz CT molecular complexity index is 874. The Kier molecular flexibility index (Phi) is 4.44.